The van der Waals surface area contributed by atoms with E-state index in [-0.39, 0.29) is 6.54 Å². The van der Waals surface area contributed by atoms with Gasteiger partial charge >= 0.3 is 11.8 Å². The van der Waals surface area contributed by atoms with E-state index in [4.69, 9.17) is 16.7 Å². The minimum absolute atomic E-state index is 0.234. The van der Waals surface area contributed by atoms with Gasteiger partial charge in [-0.1, -0.05) is 27.5 Å². The molecular weight excluding hydrogens is 336 g/mol. The molecule has 2 amide bonds. The number of carbonyl (C=O) groups excluding carboxylic acids is 2. The highest BCUT2D eigenvalue weighted by molar-refractivity contribution is 9.10. The molecule has 0 saturated heterocycles. The summed E-state index contributed by atoms with van der Waals surface area (Å²) in [5, 5.41) is 14.2. The largest absolute Gasteiger partial charge is 0.393 e. The summed E-state index contributed by atoms with van der Waals surface area (Å²) in [6.45, 7) is 1.84. The first-order valence-electron chi connectivity index (χ1n) is 5.62. The Kier molecular flexibility index (Phi) is 6.27. The van der Waals surface area contributed by atoms with Crippen LogP contribution in [0.2, 0.25) is 5.02 Å². The van der Waals surface area contributed by atoms with E-state index in [1.54, 1.807) is 25.1 Å². The number of rotatable bonds is 4. The highest BCUT2D eigenvalue weighted by atomic mass is 79.9. The third-order valence-corrected chi connectivity index (χ3v) is 3.04. The number of benzene rings is 1. The third kappa shape index (κ3) is 5.59. The fourth-order valence-electron chi connectivity index (χ4n) is 1.24. The quantitative estimate of drug-likeness (QED) is 0.727. The van der Waals surface area contributed by atoms with Crippen molar-refractivity contribution >= 4 is 45.0 Å². The van der Waals surface area contributed by atoms with Crippen LogP contribution >= 0.6 is 27.5 Å². The highest BCUT2D eigenvalue weighted by Gasteiger charge is 2.14. The SMILES string of the molecule is CC(O)CCNC(=O)C(=O)Nc1ccc(Br)cc1Cl. The molecule has 19 heavy (non-hydrogen) atoms. The molecule has 1 rings (SSSR count). The molecule has 7 heteroatoms. The number of halogens is 2. The van der Waals surface area contributed by atoms with Crippen molar-refractivity contribution in [3.05, 3.63) is 27.7 Å². The van der Waals surface area contributed by atoms with Crippen LogP contribution in [0.15, 0.2) is 22.7 Å². The van der Waals surface area contributed by atoms with E-state index >= 15 is 0 Å². The molecule has 0 bridgehead atoms. The van der Waals surface area contributed by atoms with Gasteiger partial charge in [0.25, 0.3) is 0 Å². The topological polar surface area (TPSA) is 78.4 Å². The van der Waals surface area contributed by atoms with Gasteiger partial charge in [0.1, 0.15) is 0 Å². The van der Waals surface area contributed by atoms with Crippen molar-refractivity contribution in [1.82, 2.24) is 5.32 Å². The van der Waals surface area contributed by atoms with Gasteiger partial charge in [0.05, 0.1) is 16.8 Å². The second-order valence-corrected chi connectivity index (χ2v) is 5.29. The number of nitrogens with one attached hydrogen (secondary N) is 2. The average Bonchev–Trinajstić information content (AvgIpc) is 2.32. The summed E-state index contributed by atoms with van der Waals surface area (Å²) >= 11 is 9.15. The van der Waals surface area contributed by atoms with Crippen molar-refractivity contribution in [2.75, 3.05) is 11.9 Å². The summed E-state index contributed by atoms with van der Waals surface area (Å²) in [6.07, 6.45) is -0.137. The minimum Gasteiger partial charge on any atom is -0.393 e. The smallest absolute Gasteiger partial charge is 0.313 e. The number of amides is 2. The first kappa shape index (κ1) is 15.9. The molecule has 0 spiro atoms. The van der Waals surface area contributed by atoms with E-state index in [9.17, 15) is 9.59 Å². The van der Waals surface area contributed by atoms with E-state index in [1.807, 2.05) is 0 Å². The van der Waals surface area contributed by atoms with Gasteiger partial charge in [-0.3, -0.25) is 9.59 Å². The molecule has 1 atom stereocenters. The maximum Gasteiger partial charge on any atom is 0.313 e. The molecule has 0 aromatic heterocycles. The molecular formula is C12H14BrClN2O3. The molecule has 0 aliphatic rings. The van der Waals surface area contributed by atoms with Crippen molar-refractivity contribution in [2.24, 2.45) is 0 Å². The maximum atomic E-state index is 11.6. The van der Waals surface area contributed by atoms with Crippen LogP contribution in [0.3, 0.4) is 0 Å². The predicted octanol–water partition coefficient (Wildman–Crippen LogP) is 1.93. The van der Waals surface area contributed by atoms with Gasteiger partial charge in [0, 0.05) is 11.0 Å². The predicted molar refractivity (Wildman–Crippen MR) is 77.1 cm³/mol. The van der Waals surface area contributed by atoms with Gasteiger partial charge in [-0.2, -0.15) is 0 Å². The van der Waals surface area contributed by atoms with E-state index in [2.05, 4.69) is 26.6 Å². The Bertz CT molecular complexity index is 480. The number of aliphatic hydroxyl groups is 1. The lowest BCUT2D eigenvalue weighted by atomic mass is 10.3. The van der Waals surface area contributed by atoms with Gasteiger partial charge in [-0.15, -0.1) is 0 Å². The minimum atomic E-state index is -0.796. The molecule has 0 aliphatic heterocycles. The Morgan fingerprint density at radius 3 is 2.68 bits per heavy atom. The molecule has 5 nitrogen and oxygen atoms in total. The molecule has 0 heterocycles. The summed E-state index contributed by atoms with van der Waals surface area (Å²) in [5.41, 5.74) is 0.362. The molecule has 1 aromatic rings. The molecule has 1 unspecified atom stereocenters. The van der Waals surface area contributed by atoms with Crippen molar-refractivity contribution in [2.45, 2.75) is 19.4 Å². The second kappa shape index (κ2) is 7.47. The summed E-state index contributed by atoms with van der Waals surface area (Å²) < 4.78 is 0.775. The second-order valence-electron chi connectivity index (χ2n) is 3.97. The normalized spacial score (nSPS) is 11.8. The maximum absolute atomic E-state index is 11.6. The van der Waals surface area contributed by atoms with E-state index in [0.29, 0.717) is 17.1 Å². The van der Waals surface area contributed by atoms with E-state index in [0.717, 1.165) is 4.47 Å². The molecule has 0 saturated carbocycles. The summed E-state index contributed by atoms with van der Waals surface area (Å²) in [5.74, 6) is -1.56. The van der Waals surface area contributed by atoms with Crippen LogP contribution in [0.4, 0.5) is 5.69 Å². The molecule has 3 N–H and O–H groups in total. The lowest BCUT2D eigenvalue weighted by Crippen LogP contribution is -2.36. The summed E-state index contributed by atoms with van der Waals surface area (Å²) in [4.78, 5) is 23.0. The first-order valence-corrected chi connectivity index (χ1v) is 6.79. The zero-order chi connectivity index (χ0) is 14.4. The Balaban J connectivity index is 2.52. The van der Waals surface area contributed by atoms with Gasteiger partial charge < -0.3 is 15.7 Å². The summed E-state index contributed by atoms with van der Waals surface area (Å²) in [6, 6.07) is 4.91. The van der Waals surface area contributed by atoms with Crippen LogP contribution in [0.5, 0.6) is 0 Å². The highest BCUT2D eigenvalue weighted by Crippen LogP contribution is 2.25. The molecule has 0 radical (unpaired) electrons. The monoisotopic (exact) mass is 348 g/mol. The summed E-state index contributed by atoms with van der Waals surface area (Å²) in [7, 11) is 0. The lowest BCUT2D eigenvalue weighted by molar-refractivity contribution is -0.136. The van der Waals surface area contributed by atoms with Crippen LogP contribution in [-0.2, 0) is 9.59 Å². The van der Waals surface area contributed by atoms with Crippen LogP contribution in [0.25, 0.3) is 0 Å². The van der Waals surface area contributed by atoms with Crippen molar-refractivity contribution in [1.29, 1.82) is 0 Å². The standard InChI is InChI=1S/C12H14BrClN2O3/c1-7(17)4-5-15-11(18)12(19)16-10-3-2-8(13)6-9(10)14/h2-3,6-7,17H,4-5H2,1H3,(H,15,18)(H,16,19). The van der Waals surface area contributed by atoms with Crippen LogP contribution < -0.4 is 10.6 Å². The van der Waals surface area contributed by atoms with Gasteiger partial charge in [-0.25, -0.2) is 0 Å². The fraction of sp³-hybridized carbons (Fsp3) is 0.333. The number of anilines is 1. The Morgan fingerprint density at radius 2 is 2.11 bits per heavy atom. The molecule has 0 fully saturated rings. The Labute approximate surface area is 124 Å². The first-order chi connectivity index (χ1) is 8.90. The Morgan fingerprint density at radius 1 is 1.42 bits per heavy atom. The van der Waals surface area contributed by atoms with Gasteiger partial charge in [0.15, 0.2) is 0 Å². The molecule has 0 aliphatic carbocycles. The van der Waals surface area contributed by atoms with Crippen LogP contribution in [0.1, 0.15) is 13.3 Å². The van der Waals surface area contributed by atoms with Crippen molar-refractivity contribution in [3.63, 3.8) is 0 Å². The zero-order valence-electron chi connectivity index (χ0n) is 10.2. The van der Waals surface area contributed by atoms with Crippen molar-refractivity contribution in [3.8, 4) is 0 Å². The van der Waals surface area contributed by atoms with E-state index < -0.39 is 17.9 Å². The third-order valence-electron chi connectivity index (χ3n) is 2.23. The Hall–Kier alpha value is -1.11. The van der Waals surface area contributed by atoms with Gasteiger partial charge in [0.2, 0.25) is 0 Å². The number of carbonyl (C=O) groups is 2. The van der Waals surface area contributed by atoms with Crippen LogP contribution in [-0.4, -0.2) is 29.6 Å². The zero-order valence-corrected chi connectivity index (χ0v) is 12.6. The molecule has 104 valence electrons. The number of aliphatic hydroxyl groups excluding tert-OH is 1. The lowest BCUT2D eigenvalue weighted by Gasteiger charge is -2.08. The van der Waals surface area contributed by atoms with Gasteiger partial charge in [-0.05, 0) is 31.5 Å². The number of hydrogen-bond acceptors (Lipinski definition) is 3. The molecule has 1 aromatic carbocycles. The van der Waals surface area contributed by atoms with Crippen molar-refractivity contribution < 1.29 is 14.7 Å². The van der Waals surface area contributed by atoms with E-state index in [1.165, 1.54) is 0 Å². The fourth-order valence-corrected chi connectivity index (χ4v) is 1.97. The van der Waals surface area contributed by atoms with Crippen LogP contribution in [0, 0.1) is 0 Å². The average molecular weight is 350 g/mol. The number of hydrogen-bond donors (Lipinski definition) is 3.